The molecule has 0 aliphatic rings. The van der Waals surface area contributed by atoms with Gasteiger partial charge < -0.3 is 10.1 Å². The van der Waals surface area contributed by atoms with E-state index >= 15 is 0 Å². The number of nitrogens with one attached hydrogen (secondary N) is 1. The summed E-state index contributed by atoms with van der Waals surface area (Å²) >= 11 is 6.63. The summed E-state index contributed by atoms with van der Waals surface area (Å²) in [7, 11) is 1.58. The van der Waals surface area contributed by atoms with Crippen molar-refractivity contribution in [2.75, 3.05) is 18.7 Å². The molecule has 2 aromatic carbocycles. The molecule has 0 atom stereocenters. The number of anilines is 1. The van der Waals surface area contributed by atoms with Crippen LogP contribution in [0.4, 0.5) is 5.69 Å². The van der Waals surface area contributed by atoms with Crippen molar-refractivity contribution in [1.82, 2.24) is 4.98 Å². The number of ether oxygens (including phenoxy) is 1. The van der Waals surface area contributed by atoms with Gasteiger partial charge in [-0.05, 0) is 58.6 Å². The molecule has 3 rings (SSSR count). The first kappa shape index (κ1) is 16.3. The van der Waals surface area contributed by atoms with Crippen molar-refractivity contribution >= 4 is 60.8 Å². The van der Waals surface area contributed by atoms with Crippen molar-refractivity contribution in [2.24, 2.45) is 0 Å². The summed E-state index contributed by atoms with van der Waals surface area (Å²) in [4.78, 5) is 17.0. The Labute approximate surface area is 150 Å². The van der Waals surface area contributed by atoms with E-state index in [4.69, 9.17) is 4.74 Å². The normalized spacial score (nSPS) is 10.7. The number of fused-ring (bicyclic) bond motifs is 1. The van der Waals surface area contributed by atoms with Gasteiger partial charge in [0, 0.05) is 10.2 Å². The molecule has 1 heterocycles. The van der Waals surface area contributed by atoms with Gasteiger partial charge in [0.25, 0.3) is 5.91 Å². The Bertz CT molecular complexity index is 880. The van der Waals surface area contributed by atoms with Gasteiger partial charge in [-0.1, -0.05) is 11.8 Å². The van der Waals surface area contributed by atoms with Crippen molar-refractivity contribution < 1.29 is 9.53 Å². The number of aromatic nitrogens is 1. The fraction of sp³-hybridized carbons (Fsp3) is 0.125. The topological polar surface area (TPSA) is 51.2 Å². The van der Waals surface area contributed by atoms with Crippen LogP contribution in [-0.4, -0.2) is 24.3 Å². The summed E-state index contributed by atoms with van der Waals surface area (Å²) in [5.74, 6) is 0.450. The molecule has 23 heavy (non-hydrogen) atoms. The van der Waals surface area contributed by atoms with Gasteiger partial charge in [-0.2, -0.15) is 0 Å². The lowest BCUT2D eigenvalue weighted by molar-refractivity contribution is 0.102. The van der Waals surface area contributed by atoms with Crippen LogP contribution in [0.3, 0.4) is 0 Å². The maximum Gasteiger partial charge on any atom is 0.256 e. The van der Waals surface area contributed by atoms with Crippen LogP contribution in [0.5, 0.6) is 5.75 Å². The summed E-state index contributed by atoms with van der Waals surface area (Å²) in [5.41, 5.74) is 2.21. The molecule has 0 fully saturated rings. The van der Waals surface area contributed by atoms with Crippen molar-refractivity contribution in [2.45, 2.75) is 4.34 Å². The summed E-state index contributed by atoms with van der Waals surface area (Å²) in [5, 5.41) is 2.92. The number of nitrogens with zero attached hydrogens (tertiary/aromatic N) is 1. The Morgan fingerprint density at radius 3 is 2.87 bits per heavy atom. The summed E-state index contributed by atoms with van der Waals surface area (Å²) < 4.78 is 7.96. The van der Waals surface area contributed by atoms with Gasteiger partial charge in [0.2, 0.25) is 0 Å². The number of halogens is 1. The highest BCUT2D eigenvalue weighted by Gasteiger charge is 2.12. The molecule has 1 N–H and O–H groups in total. The number of amides is 1. The zero-order valence-corrected chi connectivity index (χ0v) is 15.6. The molecule has 1 aromatic heterocycles. The first-order valence-corrected chi connectivity index (χ1v) is 9.53. The molecule has 0 radical (unpaired) electrons. The highest BCUT2D eigenvalue weighted by molar-refractivity contribution is 9.10. The van der Waals surface area contributed by atoms with Crippen LogP contribution in [0.2, 0.25) is 0 Å². The van der Waals surface area contributed by atoms with E-state index in [0.717, 1.165) is 24.7 Å². The van der Waals surface area contributed by atoms with E-state index in [1.54, 1.807) is 48.4 Å². The van der Waals surface area contributed by atoms with Gasteiger partial charge in [-0.15, -0.1) is 11.3 Å². The zero-order chi connectivity index (χ0) is 16.4. The number of methoxy groups -OCH3 is 1. The molecule has 3 aromatic rings. The van der Waals surface area contributed by atoms with Gasteiger partial charge >= 0.3 is 0 Å². The monoisotopic (exact) mass is 408 g/mol. The zero-order valence-electron chi connectivity index (χ0n) is 12.4. The second-order valence-electron chi connectivity index (χ2n) is 4.67. The minimum Gasteiger partial charge on any atom is -0.497 e. The maximum absolute atomic E-state index is 12.5. The molecule has 0 aliphatic heterocycles. The molecule has 1 amide bonds. The average Bonchev–Trinajstić information content (AvgIpc) is 2.97. The third-order valence-electron chi connectivity index (χ3n) is 3.22. The fourth-order valence-corrected chi connectivity index (χ4v) is 4.03. The Morgan fingerprint density at radius 2 is 2.13 bits per heavy atom. The number of hydrogen-bond donors (Lipinski definition) is 1. The van der Waals surface area contributed by atoms with Crippen molar-refractivity contribution in [3.8, 4) is 5.75 Å². The molecule has 0 spiro atoms. The Kier molecular flexibility index (Phi) is 4.89. The Balaban J connectivity index is 1.87. The molecule has 0 aliphatic carbocycles. The van der Waals surface area contributed by atoms with Gasteiger partial charge in [0.1, 0.15) is 5.75 Å². The predicted octanol–water partition coefficient (Wildman–Crippen LogP) is 5.04. The number of hydrogen-bond acceptors (Lipinski definition) is 5. The molecular weight excluding hydrogens is 396 g/mol. The van der Waals surface area contributed by atoms with Crippen molar-refractivity contribution in [3.05, 3.63) is 46.4 Å². The van der Waals surface area contributed by atoms with Crippen LogP contribution < -0.4 is 10.1 Å². The Morgan fingerprint density at radius 1 is 1.30 bits per heavy atom. The number of thioether (sulfide) groups is 1. The van der Waals surface area contributed by atoms with Gasteiger partial charge in [-0.25, -0.2) is 4.98 Å². The van der Waals surface area contributed by atoms with Crippen LogP contribution in [-0.2, 0) is 0 Å². The van der Waals surface area contributed by atoms with E-state index in [2.05, 4.69) is 26.2 Å². The SMILES string of the molecule is COc1ccc(Br)c(C(=O)Nc2ccc3nc(SC)sc3c2)c1. The van der Waals surface area contributed by atoms with E-state index < -0.39 is 0 Å². The van der Waals surface area contributed by atoms with E-state index in [1.165, 1.54) is 0 Å². The quantitative estimate of drug-likeness (QED) is 0.614. The largest absolute Gasteiger partial charge is 0.497 e. The van der Waals surface area contributed by atoms with E-state index in [-0.39, 0.29) is 5.91 Å². The van der Waals surface area contributed by atoms with Gasteiger partial charge in [0.05, 0.1) is 22.9 Å². The molecule has 0 saturated heterocycles. The molecule has 0 bridgehead atoms. The fourth-order valence-electron chi connectivity index (χ4n) is 2.07. The predicted molar refractivity (Wildman–Crippen MR) is 100 cm³/mol. The van der Waals surface area contributed by atoms with E-state index in [0.29, 0.717) is 11.3 Å². The van der Waals surface area contributed by atoms with Crippen LogP contribution in [0.1, 0.15) is 10.4 Å². The lowest BCUT2D eigenvalue weighted by Gasteiger charge is -2.08. The van der Waals surface area contributed by atoms with Crippen LogP contribution in [0, 0.1) is 0 Å². The van der Waals surface area contributed by atoms with Gasteiger partial charge in [0.15, 0.2) is 4.34 Å². The molecule has 118 valence electrons. The molecule has 7 heteroatoms. The highest BCUT2D eigenvalue weighted by Crippen LogP contribution is 2.30. The van der Waals surface area contributed by atoms with E-state index in [1.807, 2.05) is 24.5 Å². The van der Waals surface area contributed by atoms with Crippen LogP contribution in [0.15, 0.2) is 45.2 Å². The number of rotatable bonds is 4. The van der Waals surface area contributed by atoms with Crippen molar-refractivity contribution in [3.63, 3.8) is 0 Å². The highest BCUT2D eigenvalue weighted by atomic mass is 79.9. The summed E-state index contributed by atoms with van der Waals surface area (Å²) in [6.07, 6.45) is 2.00. The van der Waals surface area contributed by atoms with Gasteiger partial charge in [-0.3, -0.25) is 4.79 Å². The molecular formula is C16H13BrN2O2S2. The Hall–Kier alpha value is -1.57. The van der Waals surface area contributed by atoms with Crippen LogP contribution in [0.25, 0.3) is 10.2 Å². The lowest BCUT2D eigenvalue weighted by Crippen LogP contribution is -2.12. The number of thiazole rings is 1. The average molecular weight is 409 g/mol. The smallest absolute Gasteiger partial charge is 0.256 e. The second-order valence-corrected chi connectivity index (χ2v) is 7.60. The minimum atomic E-state index is -0.190. The van der Waals surface area contributed by atoms with Crippen LogP contribution >= 0.6 is 39.0 Å². The second kappa shape index (κ2) is 6.90. The van der Waals surface area contributed by atoms with Crippen molar-refractivity contribution in [1.29, 1.82) is 0 Å². The number of benzene rings is 2. The van der Waals surface area contributed by atoms with E-state index in [9.17, 15) is 4.79 Å². The minimum absolute atomic E-state index is 0.190. The standard InChI is InChI=1S/C16H13BrN2O2S2/c1-21-10-4-5-12(17)11(8-10)15(20)18-9-3-6-13-14(7-9)23-16(19-13)22-2/h3-8H,1-2H3,(H,18,20). The number of carbonyl (C=O) groups is 1. The lowest BCUT2D eigenvalue weighted by atomic mass is 10.2. The third kappa shape index (κ3) is 3.52. The first-order valence-electron chi connectivity index (χ1n) is 6.70. The maximum atomic E-state index is 12.5. The molecule has 0 saturated carbocycles. The number of carbonyl (C=O) groups excluding carboxylic acids is 1. The first-order chi connectivity index (χ1) is 11.1. The third-order valence-corrected chi connectivity index (χ3v) is 5.91. The molecule has 0 unspecified atom stereocenters. The summed E-state index contributed by atoms with van der Waals surface area (Å²) in [6, 6.07) is 11.0. The summed E-state index contributed by atoms with van der Waals surface area (Å²) in [6.45, 7) is 0. The molecule has 4 nitrogen and oxygen atoms in total.